The molecule has 188 valence electrons. The fraction of sp³-hybridized carbons (Fsp3) is 0.160. The van der Waals surface area contributed by atoms with Gasteiger partial charge in [0.25, 0.3) is 0 Å². The van der Waals surface area contributed by atoms with Crippen LogP contribution in [0.25, 0.3) is 0 Å². The second kappa shape index (κ2) is 11.8. The third-order valence-corrected chi connectivity index (χ3v) is 4.64. The molecule has 0 aliphatic heterocycles. The zero-order chi connectivity index (χ0) is 26.1. The molecule has 0 spiro atoms. The number of nitrogens with one attached hydrogen (secondary N) is 2. The number of carbonyl (C=O) groups excluding carboxylic acids is 2. The van der Waals surface area contributed by atoms with Crippen molar-refractivity contribution in [3.05, 3.63) is 89.2 Å². The first kappa shape index (κ1) is 26.2. The smallest absolute Gasteiger partial charge is 0.416 e. The highest BCUT2D eigenvalue weighted by atomic mass is 19.4. The molecule has 36 heavy (non-hydrogen) atoms. The van der Waals surface area contributed by atoms with Crippen molar-refractivity contribution < 1.29 is 36.6 Å². The Hall–Kier alpha value is -4.41. The van der Waals surface area contributed by atoms with Crippen molar-refractivity contribution in [3.63, 3.8) is 0 Å². The SMILES string of the molecule is CCOc1cc(/C=N/NC(=O)C(=O)Nc2cccc(C(F)(F)F)c2)ccc1OCc1ccccc1F. The van der Waals surface area contributed by atoms with Crippen molar-refractivity contribution in [2.24, 2.45) is 5.10 Å². The topological polar surface area (TPSA) is 89.0 Å². The highest BCUT2D eigenvalue weighted by Crippen LogP contribution is 2.31. The van der Waals surface area contributed by atoms with Gasteiger partial charge in [-0.2, -0.15) is 18.3 Å². The zero-order valence-electron chi connectivity index (χ0n) is 18.9. The molecule has 0 fully saturated rings. The van der Waals surface area contributed by atoms with Gasteiger partial charge in [-0.1, -0.05) is 24.3 Å². The van der Waals surface area contributed by atoms with Crippen molar-refractivity contribution in [3.8, 4) is 11.5 Å². The van der Waals surface area contributed by atoms with Crippen LogP contribution in [-0.4, -0.2) is 24.6 Å². The molecule has 2 N–H and O–H groups in total. The third-order valence-electron chi connectivity index (χ3n) is 4.64. The standard InChI is InChI=1S/C25H21F4N3O4/c1-2-35-22-12-16(10-11-21(22)36-15-17-6-3-4-9-20(17)26)14-30-32-24(34)23(33)31-19-8-5-7-18(13-19)25(27,28)29/h3-14H,2,15H2,1H3,(H,31,33)(H,32,34)/b30-14+. The molecule has 0 radical (unpaired) electrons. The Kier molecular flexibility index (Phi) is 8.61. The minimum atomic E-state index is -4.59. The number of hydrogen-bond donors (Lipinski definition) is 2. The summed E-state index contributed by atoms with van der Waals surface area (Å²) in [5.41, 5.74) is 1.69. The first-order valence-electron chi connectivity index (χ1n) is 10.6. The van der Waals surface area contributed by atoms with E-state index in [1.807, 2.05) is 5.43 Å². The maximum atomic E-state index is 13.8. The molecule has 7 nitrogen and oxygen atoms in total. The molecule has 0 unspecified atom stereocenters. The van der Waals surface area contributed by atoms with E-state index in [2.05, 4.69) is 10.4 Å². The van der Waals surface area contributed by atoms with Crippen LogP contribution in [0.15, 0.2) is 71.8 Å². The van der Waals surface area contributed by atoms with Crippen molar-refractivity contribution in [2.75, 3.05) is 11.9 Å². The van der Waals surface area contributed by atoms with E-state index in [1.165, 1.54) is 18.3 Å². The summed E-state index contributed by atoms with van der Waals surface area (Å²) in [5.74, 6) is -2.06. The van der Waals surface area contributed by atoms with Gasteiger partial charge in [-0.15, -0.1) is 0 Å². The zero-order valence-corrected chi connectivity index (χ0v) is 18.9. The quantitative estimate of drug-likeness (QED) is 0.198. The summed E-state index contributed by atoms with van der Waals surface area (Å²) < 4.78 is 63.4. The fourth-order valence-corrected chi connectivity index (χ4v) is 2.94. The van der Waals surface area contributed by atoms with Crippen LogP contribution in [0.3, 0.4) is 0 Å². The molecule has 3 aromatic carbocycles. The number of hydrogen-bond acceptors (Lipinski definition) is 5. The summed E-state index contributed by atoms with van der Waals surface area (Å²) >= 11 is 0. The Morgan fingerprint density at radius 2 is 1.72 bits per heavy atom. The Labute approximate surface area is 203 Å². The lowest BCUT2D eigenvalue weighted by molar-refractivity contribution is -0.137. The van der Waals surface area contributed by atoms with E-state index in [0.717, 1.165) is 12.1 Å². The van der Waals surface area contributed by atoms with Crippen molar-refractivity contribution in [2.45, 2.75) is 19.7 Å². The van der Waals surface area contributed by atoms with Gasteiger partial charge in [0.1, 0.15) is 12.4 Å². The van der Waals surface area contributed by atoms with E-state index in [1.54, 1.807) is 43.3 Å². The van der Waals surface area contributed by atoms with Gasteiger partial charge in [0.05, 0.1) is 18.4 Å². The van der Waals surface area contributed by atoms with Gasteiger partial charge in [0.15, 0.2) is 11.5 Å². The van der Waals surface area contributed by atoms with E-state index < -0.39 is 29.4 Å². The Morgan fingerprint density at radius 3 is 2.44 bits per heavy atom. The normalized spacial score (nSPS) is 11.2. The van der Waals surface area contributed by atoms with Crippen LogP contribution in [0.2, 0.25) is 0 Å². The maximum absolute atomic E-state index is 13.8. The van der Waals surface area contributed by atoms with Gasteiger partial charge < -0.3 is 14.8 Å². The van der Waals surface area contributed by atoms with Gasteiger partial charge in [-0.05, 0) is 55.0 Å². The van der Waals surface area contributed by atoms with E-state index in [4.69, 9.17) is 9.47 Å². The first-order valence-corrected chi connectivity index (χ1v) is 10.6. The number of hydrazone groups is 1. The van der Waals surface area contributed by atoms with Gasteiger partial charge in [-0.25, -0.2) is 9.82 Å². The van der Waals surface area contributed by atoms with Crippen molar-refractivity contribution >= 4 is 23.7 Å². The lowest BCUT2D eigenvalue weighted by Gasteiger charge is -2.13. The number of halogens is 4. The summed E-state index contributed by atoms with van der Waals surface area (Å²) in [7, 11) is 0. The molecular formula is C25H21F4N3O4. The summed E-state index contributed by atoms with van der Waals surface area (Å²) in [5, 5.41) is 5.77. The van der Waals surface area contributed by atoms with Crippen LogP contribution in [0.1, 0.15) is 23.6 Å². The minimum Gasteiger partial charge on any atom is -0.490 e. The Morgan fingerprint density at radius 1 is 0.944 bits per heavy atom. The summed E-state index contributed by atoms with van der Waals surface area (Å²) in [4.78, 5) is 23.9. The van der Waals surface area contributed by atoms with Crippen LogP contribution in [0.5, 0.6) is 11.5 Å². The molecule has 0 heterocycles. The van der Waals surface area contributed by atoms with E-state index in [-0.39, 0.29) is 12.3 Å². The highest BCUT2D eigenvalue weighted by molar-refractivity contribution is 6.39. The lowest BCUT2D eigenvalue weighted by Crippen LogP contribution is -2.32. The van der Waals surface area contributed by atoms with Crippen molar-refractivity contribution in [1.82, 2.24) is 5.43 Å². The Bertz CT molecular complexity index is 1260. The van der Waals surface area contributed by atoms with Gasteiger partial charge in [-0.3, -0.25) is 9.59 Å². The highest BCUT2D eigenvalue weighted by Gasteiger charge is 2.30. The number of nitrogens with zero attached hydrogens (tertiary/aromatic N) is 1. The molecular weight excluding hydrogens is 482 g/mol. The number of benzene rings is 3. The number of alkyl halides is 3. The predicted molar refractivity (Wildman–Crippen MR) is 124 cm³/mol. The average Bonchev–Trinajstić information content (AvgIpc) is 2.84. The average molecular weight is 503 g/mol. The number of ether oxygens (including phenoxy) is 2. The number of amides is 2. The number of rotatable bonds is 8. The second-order valence-electron chi connectivity index (χ2n) is 7.25. The van der Waals surface area contributed by atoms with Crippen LogP contribution in [-0.2, 0) is 22.4 Å². The summed E-state index contributed by atoms with van der Waals surface area (Å²) in [6.45, 7) is 2.07. The van der Waals surface area contributed by atoms with Gasteiger partial charge in [0, 0.05) is 11.3 Å². The van der Waals surface area contributed by atoms with Crippen molar-refractivity contribution in [1.29, 1.82) is 0 Å². The number of carbonyl (C=O) groups is 2. The van der Waals surface area contributed by atoms with Crippen LogP contribution >= 0.6 is 0 Å². The maximum Gasteiger partial charge on any atom is 0.416 e. The first-order chi connectivity index (χ1) is 17.2. The van der Waals surface area contributed by atoms with Crippen LogP contribution in [0.4, 0.5) is 23.2 Å². The molecule has 0 bridgehead atoms. The monoisotopic (exact) mass is 503 g/mol. The molecule has 3 aromatic rings. The number of anilines is 1. The van der Waals surface area contributed by atoms with Gasteiger partial charge >= 0.3 is 18.0 Å². The van der Waals surface area contributed by atoms with Crippen LogP contribution in [0, 0.1) is 5.82 Å². The molecule has 0 atom stereocenters. The molecule has 0 aromatic heterocycles. The largest absolute Gasteiger partial charge is 0.490 e. The molecule has 11 heteroatoms. The molecule has 2 amide bonds. The predicted octanol–water partition coefficient (Wildman–Crippen LogP) is 4.91. The molecule has 0 aliphatic carbocycles. The fourth-order valence-electron chi connectivity index (χ4n) is 2.94. The summed E-state index contributed by atoms with van der Waals surface area (Å²) in [6.07, 6.45) is -3.36. The molecule has 0 aliphatic rings. The molecule has 0 saturated heterocycles. The van der Waals surface area contributed by atoms with Crippen LogP contribution < -0.4 is 20.2 Å². The Balaban J connectivity index is 1.60. The third kappa shape index (κ3) is 7.29. The second-order valence-corrected chi connectivity index (χ2v) is 7.25. The van der Waals surface area contributed by atoms with E-state index in [0.29, 0.717) is 35.3 Å². The lowest BCUT2D eigenvalue weighted by atomic mass is 10.2. The summed E-state index contributed by atoms with van der Waals surface area (Å²) in [6, 6.07) is 14.8. The molecule has 3 rings (SSSR count). The molecule has 0 saturated carbocycles. The van der Waals surface area contributed by atoms with Gasteiger partial charge in [0.2, 0.25) is 0 Å². The van der Waals surface area contributed by atoms with E-state index >= 15 is 0 Å². The van der Waals surface area contributed by atoms with E-state index in [9.17, 15) is 27.2 Å². The minimum absolute atomic E-state index is 0.0166.